The van der Waals surface area contributed by atoms with Gasteiger partial charge in [-0.05, 0) is 76.6 Å². The summed E-state index contributed by atoms with van der Waals surface area (Å²) in [5.41, 5.74) is 10.9. The molecule has 4 aliphatic rings. The highest BCUT2D eigenvalue weighted by Crippen LogP contribution is 2.28. The predicted molar refractivity (Wildman–Crippen MR) is 227 cm³/mol. The maximum Gasteiger partial charge on any atom is 0.355 e. The average molecular weight is 811 g/mol. The van der Waals surface area contributed by atoms with Gasteiger partial charge in [0.05, 0.1) is 22.4 Å². The minimum absolute atomic E-state index is 0.0708. The summed E-state index contributed by atoms with van der Waals surface area (Å²) < 4.78 is 4.24. The number of fused-ring (bicyclic) bond motifs is 2. The van der Waals surface area contributed by atoms with Gasteiger partial charge in [-0.1, -0.05) is 0 Å². The summed E-state index contributed by atoms with van der Waals surface area (Å²) in [5, 5.41) is 17.1. The van der Waals surface area contributed by atoms with E-state index in [-0.39, 0.29) is 23.7 Å². The van der Waals surface area contributed by atoms with E-state index in [4.69, 9.17) is 15.8 Å². The number of carbonyl (C=O) groups is 2. The van der Waals surface area contributed by atoms with Gasteiger partial charge >= 0.3 is 5.97 Å². The first-order chi connectivity index (χ1) is 27.7. The number of nitrogens with zero attached hydrogens (tertiary/aromatic N) is 10. The fourth-order valence-corrected chi connectivity index (χ4v) is 9.63. The van der Waals surface area contributed by atoms with Gasteiger partial charge in [0.2, 0.25) is 0 Å². The van der Waals surface area contributed by atoms with Gasteiger partial charge in [0.25, 0.3) is 5.91 Å². The normalized spacial score (nSPS) is 19.3. The molecule has 6 aromatic rings. The number of carboxylic acid groups (broad SMARTS) is 1. The molecule has 0 unspecified atom stereocenters. The lowest BCUT2D eigenvalue weighted by molar-refractivity contribution is 0.0691. The minimum atomic E-state index is -0.943. The number of amides is 1. The van der Waals surface area contributed by atoms with Gasteiger partial charge in [-0.2, -0.15) is 0 Å². The number of nitrogens with two attached hydrogens (primary N) is 1. The van der Waals surface area contributed by atoms with Crippen LogP contribution in [0.3, 0.4) is 0 Å². The number of thiazole rings is 2. The van der Waals surface area contributed by atoms with Crippen LogP contribution in [0.1, 0.15) is 70.9 Å². The van der Waals surface area contributed by atoms with Crippen LogP contribution in [0.5, 0.6) is 0 Å². The summed E-state index contributed by atoms with van der Waals surface area (Å²) >= 11 is 2.97. The van der Waals surface area contributed by atoms with Gasteiger partial charge in [-0.25, -0.2) is 24.7 Å². The molecule has 4 fully saturated rings. The number of hydrogen-bond donors (Lipinski definition) is 3. The quantitative estimate of drug-likeness (QED) is 0.190. The maximum atomic E-state index is 12.7. The SMILES string of the molecule is Cc1cn2cccc2c(N2CC[C@H](N)C2)n1.Cc1cn2cccc2c(N2CC[C@H](NC(=O)c3csc(N4CCCC4)n3)C2)n1.O=C(O)c1csc(N2CCCC2)n1. The molecule has 17 heteroatoms. The Morgan fingerprint density at radius 2 is 1.21 bits per heavy atom. The molecule has 0 radical (unpaired) electrons. The van der Waals surface area contributed by atoms with Gasteiger partial charge in [0, 0.05) is 100.0 Å². The van der Waals surface area contributed by atoms with Crippen molar-refractivity contribution in [2.24, 2.45) is 5.73 Å². The first-order valence-electron chi connectivity index (χ1n) is 19.8. The van der Waals surface area contributed by atoms with Crippen LogP contribution >= 0.6 is 22.7 Å². The van der Waals surface area contributed by atoms with Crippen LogP contribution in [-0.4, -0.2) is 110 Å². The third kappa shape index (κ3) is 8.84. The second-order valence-electron chi connectivity index (χ2n) is 15.1. The van der Waals surface area contributed by atoms with Crippen molar-refractivity contribution in [3.05, 3.63) is 82.6 Å². The summed E-state index contributed by atoms with van der Waals surface area (Å²) in [6, 6.07) is 8.68. The van der Waals surface area contributed by atoms with Gasteiger partial charge < -0.3 is 44.6 Å². The van der Waals surface area contributed by atoms with E-state index in [0.717, 1.165) is 104 Å². The highest BCUT2D eigenvalue weighted by Gasteiger charge is 2.28. The first kappa shape index (κ1) is 38.6. The Labute approximate surface area is 339 Å². The maximum absolute atomic E-state index is 12.7. The molecule has 1 amide bonds. The van der Waals surface area contributed by atoms with Crippen LogP contribution in [0, 0.1) is 13.8 Å². The van der Waals surface area contributed by atoms with Crippen molar-refractivity contribution in [1.29, 1.82) is 0 Å². The van der Waals surface area contributed by atoms with Crippen LogP contribution in [-0.2, 0) is 0 Å². The molecule has 0 aromatic carbocycles. The molecule has 0 spiro atoms. The van der Waals surface area contributed by atoms with E-state index < -0.39 is 5.97 Å². The molecule has 4 aliphatic heterocycles. The third-order valence-electron chi connectivity index (χ3n) is 10.8. The van der Waals surface area contributed by atoms with Crippen LogP contribution in [0.2, 0.25) is 0 Å². The van der Waals surface area contributed by atoms with Crippen LogP contribution in [0.15, 0.2) is 59.8 Å². The summed E-state index contributed by atoms with van der Waals surface area (Å²) in [6.07, 6.45) is 14.9. The zero-order valence-corrected chi connectivity index (χ0v) is 34.1. The summed E-state index contributed by atoms with van der Waals surface area (Å²) in [7, 11) is 0. The van der Waals surface area contributed by atoms with Gasteiger partial charge in [0.15, 0.2) is 27.6 Å². The Balaban J connectivity index is 0.000000132. The molecule has 57 heavy (non-hydrogen) atoms. The van der Waals surface area contributed by atoms with Crippen LogP contribution < -0.4 is 30.7 Å². The third-order valence-corrected chi connectivity index (χ3v) is 12.6. The molecule has 10 rings (SSSR count). The molecule has 2 atom stereocenters. The Morgan fingerprint density at radius 3 is 1.72 bits per heavy atom. The van der Waals surface area contributed by atoms with Crippen molar-refractivity contribution >= 4 is 67.5 Å². The molecule has 300 valence electrons. The lowest BCUT2D eigenvalue weighted by atomic mass is 10.2. The zero-order chi connectivity index (χ0) is 39.5. The van der Waals surface area contributed by atoms with Crippen molar-refractivity contribution in [2.45, 2.75) is 64.5 Å². The minimum Gasteiger partial charge on any atom is -0.476 e. The van der Waals surface area contributed by atoms with Crippen molar-refractivity contribution in [2.75, 3.05) is 72.0 Å². The number of anilines is 4. The van der Waals surface area contributed by atoms with Crippen molar-refractivity contribution in [3.8, 4) is 0 Å². The van der Waals surface area contributed by atoms with E-state index in [1.165, 1.54) is 42.5 Å². The standard InChI is InChI=1S/C20H24N6OS.C12H16N4.C8H10N2O2S/c1-14-11-25-9-4-5-17(25)18(21-14)26-10-6-15(12-26)22-19(27)16-13-28-20(23-16)24-7-2-3-8-24;1-9-7-15-5-2-3-11(15)12(14-9)16-6-4-10(13)8-16;11-7(12)6-5-13-8(9-6)10-3-1-2-4-10/h4-5,9,11,13,15H,2-3,6-8,10,12H2,1H3,(H,22,27);2-3,5,7,10H,4,6,8,13H2,1H3;5H,1-4H2,(H,11,12)/t15-;10-;/m00./s1. The Hall–Kier alpha value is -5.26. The molecule has 15 nitrogen and oxygen atoms in total. The first-order valence-corrected chi connectivity index (χ1v) is 21.5. The van der Waals surface area contributed by atoms with Crippen molar-refractivity contribution < 1.29 is 14.7 Å². The number of aromatic carboxylic acids is 1. The second kappa shape index (κ2) is 17.1. The van der Waals surface area contributed by atoms with Gasteiger partial charge in [-0.3, -0.25) is 4.79 Å². The van der Waals surface area contributed by atoms with E-state index >= 15 is 0 Å². The number of carboxylic acids is 1. The zero-order valence-electron chi connectivity index (χ0n) is 32.5. The molecule has 10 heterocycles. The van der Waals surface area contributed by atoms with Crippen LogP contribution in [0.25, 0.3) is 11.0 Å². The van der Waals surface area contributed by atoms with E-state index in [0.29, 0.717) is 5.69 Å². The number of aryl methyl sites for hydroxylation is 2. The van der Waals surface area contributed by atoms with Gasteiger partial charge in [0.1, 0.15) is 5.69 Å². The average Bonchev–Trinajstić information content (AvgIpc) is 4.03. The van der Waals surface area contributed by atoms with E-state index in [1.54, 1.807) is 16.7 Å². The number of hydrogen-bond acceptors (Lipinski definition) is 13. The summed E-state index contributed by atoms with van der Waals surface area (Å²) in [4.78, 5) is 50.2. The second-order valence-corrected chi connectivity index (χ2v) is 16.8. The fourth-order valence-electron chi connectivity index (χ4n) is 7.91. The smallest absolute Gasteiger partial charge is 0.355 e. The highest BCUT2D eigenvalue weighted by atomic mass is 32.1. The van der Waals surface area contributed by atoms with Crippen LogP contribution in [0.4, 0.5) is 21.9 Å². The highest BCUT2D eigenvalue weighted by molar-refractivity contribution is 7.14. The predicted octanol–water partition coefficient (Wildman–Crippen LogP) is 5.33. The Bertz CT molecular complexity index is 2320. The molecule has 6 aromatic heterocycles. The Morgan fingerprint density at radius 1 is 0.702 bits per heavy atom. The number of aromatic nitrogens is 6. The lowest BCUT2D eigenvalue weighted by Gasteiger charge is -2.19. The van der Waals surface area contributed by atoms with Crippen molar-refractivity contribution in [3.63, 3.8) is 0 Å². The van der Waals surface area contributed by atoms with Crippen molar-refractivity contribution in [1.82, 2.24) is 34.1 Å². The van der Waals surface area contributed by atoms with Gasteiger partial charge in [-0.15, -0.1) is 22.7 Å². The van der Waals surface area contributed by atoms with E-state index in [2.05, 4.69) is 79.3 Å². The number of rotatable bonds is 7. The largest absolute Gasteiger partial charge is 0.476 e. The molecule has 4 saturated heterocycles. The molecule has 0 bridgehead atoms. The van der Waals surface area contributed by atoms with E-state index in [9.17, 15) is 9.59 Å². The molecular formula is C40H50N12O3S2. The number of nitrogens with one attached hydrogen (secondary N) is 1. The Kier molecular flexibility index (Phi) is 11.6. The fraction of sp³-hybridized carbons (Fsp3) is 0.450. The molecular weight excluding hydrogens is 761 g/mol. The summed E-state index contributed by atoms with van der Waals surface area (Å²) in [6.45, 7) is 11.7. The lowest BCUT2D eigenvalue weighted by Crippen LogP contribution is -2.37. The molecule has 0 aliphatic carbocycles. The van der Waals surface area contributed by atoms with E-state index in [1.807, 2.05) is 37.7 Å². The number of carbonyl (C=O) groups excluding carboxylic acids is 1. The summed E-state index contributed by atoms with van der Waals surface area (Å²) in [5.74, 6) is 1.05. The monoisotopic (exact) mass is 810 g/mol. The topological polar surface area (TPSA) is 166 Å². The molecule has 0 saturated carbocycles. The molecule has 4 N–H and O–H groups in total.